The van der Waals surface area contributed by atoms with Crippen LogP contribution >= 0.6 is 0 Å². The lowest BCUT2D eigenvalue weighted by Crippen LogP contribution is -2.53. The molecule has 1 saturated carbocycles. The molecule has 1 N–H and O–H groups in total. The fourth-order valence-corrected chi connectivity index (χ4v) is 5.03. The third-order valence-corrected chi connectivity index (χ3v) is 6.98. The molecule has 1 fully saturated rings. The highest BCUT2D eigenvalue weighted by atomic mass is 32.2. The Hall–Kier alpha value is -1.78. The van der Waals surface area contributed by atoms with Crippen LogP contribution in [0.3, 0.4) is 0 Å². The molecule has 1 aliphatic carbocycles. The van der Waals surface area contributed by atoms with E-state index in [9.17, 15) is 21.9 Å². The first-order valence-electron chi connectivity index (χ1n) is 8.24. The van der Waals surface area contributed by atoms with Crippen LogP contribution in [0.4, 0.5) is 0 Å². The van der Waals surface area contributed by atoms with Gasteiger partial charge in [0.2, 0.25) is 5.79 Å². The van der Waals surface area contributed by atoms with Gasteiger partial charge in [0.15, 0.2) is 0 Å². The van der Waals surface area contributed by atoms with E-state index in [-0.39, 0.29) is 22.6 Å². The van der Waals surface area contributed by atoms with Crippen molar-refractivity contribution in [1.82, 2.24) is 0 Å². The Morgan fingerprint density at radius 1 is 0.778 bits per heavy atom. The second-order valence-corrected chi connectivity index (χ2v) is 9.77. The Bertz CT molecular complexity index is 939. The summed E-state index contributed by atoms with van der Waals surface area (Å²) < 4.78 is 60.5. The average molecular weight is 412 g/mol. The predicted molar refractivity (Wildman–Crippen MR) is 96.9 cm³/mol. The quantitative estimate of drug-likeness (QED) is 0.573. The Balaban J connectivity index is 1.88. The normalized spacial score (nSPS) is 17.4. The van der Waals surface area contributed by atoms with Crippen molar-refractivity contribution in [2.75, 3.05) is 0 Å². The Kier molecular flexibility index (Phi) is 5.17. The van der Waals surface area contributed by atoms with Crippen LogP contribution in [0.1, 0.15) is 24.0 Å². The highest BCUT2D eigenvalue weighted by Crippen LogP contribution is 2.42. The molecular weight excluding hydrogens is 392 g/mol. The second-order valence-electron chi connectivity index (χ2n) is 6.67. The van der Waals surface area contributed by atoms with Gasteiger partial charge in [0.05, 0.1) is 15.9 Å². The van der Waals surface area contributed by atoms with Gasteiger partial charge < -0.3 is 5.11 Å². The van der Waals surface area contributed by atoms with Crippen LogP contribution in [-0.2, 0) is 28.6 Å². The van der Waals surface area contributed by atoms with Crippen LogP contribution in [0.5, 0.6) is 0 Å². The molecule has 0 radical (unpaired) electrons. The SMILES string of the molecule is Cc1ccc(S(=O)(=O)OC2(OS(=O)(=O)c3ccc(C)cc3)CC(O)C2)cc1. The molecule has 0 aromatic heterocycles. The number of aryl methyl sites for hydroxylation is 2. The van der Waals surface area contributed by atoms with Crippen LogP contribution in [-0.4, -0.2) is 33.8 Å². The van der Waals surface area contributed by atoms with Gasteiger partial charge in [-0.2, -0.15) is 16.8 Å². The molecule has 2 aromatic carbocycles. The first-order valence-corrected chi connectivity index (χ1v) is 11.1. The topological polar surface area (TPSA) is 107 Å². The molecule has 27 heavy (non-hydrogen) atoms. The summed E-state index contributed by atoms with van der Waals surface area (Å²) in [4.78, 5) is -0.240. The summed E-state index contributed by atoms with van der Waals surface area (Å²) in [6.45, 7) is 3.61. The Labute approximate surface area is 158 Å². The van der Waals surface area contributed by atoms with E-state index >= 15 is 0 Å². The zero-order chi connectivity index (χ0) is 19.9. The van der Waals surface area contributed by atoms with Crippen LogP contribution in [0.2, 0.25) is 0 Å². The minimum Gasteiger partial charge on any atom is -0.393 e. The fourth-order valence-electron chi connectivity index (χ4n) is 2.71. The van der Waals surface area contributed by atoms with Gasteiger partial charge in [-0.05, 0) is 38.1 Å². The molecule has 1 aliphatic rings. The van der Waals surface area contributed by atoms with E-state index in [0.29, 0.717) is 0 Å². The van der Waals surface area contributed by atoms with Gasteiger partial charge in [0, 0.05) is 12.8 Å². The average Bonchev–Trinajstić information content (AvgIpc) is 2.53. The third kappa shape index (κ3) is 4.39. The fraction of sp³-hybridized carbons (Fsp3) is 0.333. The van der Waals surface area contributed by atoms with Gasteiger partial charge in [0.1, 0.15) is 0 Å². The second kappa shape index (κ2) is 6.99. The van der Waals surface area contributed by atoms with Gasteiger partial charge in [-0.1, -0.05) is 35.4 Å². The van der Waals surface area contributed by atoms with Gasteiger partial charge in [-0.3, -0.25) is 0 Å². The summed E-state index contributed by atoms with van der Waals surface area (Å²) in [7, 11) is -8.56. The van der Waals surface area contributed by atoms with Crippen molar-refractivity contribution in [1.29, 1.82) is 0 Å². The molecule has 3 rings (SSSR count). The highest BCUT2D eigenvalue weighted by Gasteiger charge is 2.53. The molecular formula is C18H20O7S2. The van der Waals surface area contributed by atoms with Gasteiger partial charge in [-0.25, -0.2) is 8.37 Å². The van der Waals surface area contributed by atoms with Gasteiger partial charge in [0.25, 0.3) is 20.2 Å². The zero-order valence-electron chi connectivity index (χ0n) is 14.8. The Morgan fingerprint density at radius 2 is 1.11 bits per heavy atom. The number of benzene rings is 2. The molecule has 7 nitrogen and oxygen atoms in total. The molecule has 2 aromatic rings. The van der Waals surface area contributed by atoms with Crippen molar-refractivity contribution in [3.8, 4) is 0 Å². The van der Waals surface area contributed by atoms with Crippen LogP contribution in [0, 0.1) is 13.8 Å². The summed E-state index contributed by atoms with van der Waals surface area (Å²) in [5.41, 5.74) is 1.72. The highest BCUT2D eigenvalue weighted by molar-refractivity contribution is 7.87. The lowest BCUT2D eigenvalue weighted by Gasteiger charge is -2.42. The first-order chi connectivity index (χ1) is 12.5. The third-order valence-electron chi connectivity index (χ3n) is 4.24. The van der Waals surface area contributed by atoms with E-state index in [1.54, 1.807) is 38.1 Å². The van der Waals surface area contributed by atoms with Crippen LogP contribution in [0.15, 0.2) is 58.3 Å². The molecule has 0 bridgehead atoms. The number of hydrogen-bond acceptors (Lipinski definition) is 7. The molecule has 0 atom stereocenters. The molecule has 0 amide bonds. The molecule has 9 heteroatoms. The zero-order valence-corrected chi connectivity index (χ0v) is 16.5. The summed E-state index contributed by atoms with van der Waals surface area (Å²) in [5.74, 6) is -1.97. The Morgan fingerprint density at radius 3 is 1.41 bits per heavy atom. The first kappa shape index (κ1) is 20.0. The molecule has 0 heterocycles. The monoisotopic (exact) mass is 412 g/mol. The van der Waals surface area contributed by atoms with Crippen molar-refractivity contribution < 1.29 is 30.3 Å². The maximum Gasteiger partial charge on any atom is 0.299 e. The van der Waals surface area contributed by atoms with E-state index in [1.165, 1.54) is 24.3 Å². The summed E-state index contributed by atoms with van der Waals surface area (Å²) in [5, 5.41) is 9.64. The molecule has 0 spiro atoms. The van der Waals surface area contributed by atoms with Crippen molar-refractivity contribution in [3.05, 3.63) is 59.7 Å². The van der Waals surface area contributed by atoms with Crippen LogP contribution in [0.25, 0.3) is 0 Å². The maximum absolute atomic E-state index is 12.5. The summed E-state index contributed by atoms with van der Waals surface area (Å²) in [6.07, 6.45) is -1.46. The van der Waals surface area contributed by atoms with E-state index in [4.69, 9.17) is 8.37 Å². The summed E-state index contributed by atoms with van der Waals surface area (Å²) >= 11 is 0. The van der Waals surface area contributed by atoms with E-state index in [2.05, 4.69) is 0 Å². The van der Waals surface area contributed by atoms with E-state index < -0.39 is 32.1 Å². The van der Waals surface area contributed by atoms with Gasteiger partial charge >= 0.3 is 0 Å². The largest absolute Gasteiger partial charge is 0.393 e. The van der Waals surface area contributed by atoms with Crippen molar-refractivity contribution in [2.24, 2.45) is 0 Å². The number of aliphatic hydroxyl groups excluding tert-OH is 1. The predicted octanol–water partition coefficient (Wildman–Crippen LogP) is 2.27. The van der Waals surface area contributed by atoms with Crippen molar-refractivity contribution in [3.63, 3.8) is 0 Å². The van der Waals surface area contributed by atoms with Crippen LogP contribution < -0.4 is 0 Å². The standard InChI is InChI=1S/C18H20O7S2/c1-13-3-7-16(8-4-13)26(20,21)24-18(11-15(19)12-18)25-27(22,23)17-9-5-14(2)6-10-17/h3-10,15,19H,11-12H2,1-2H3. The lowest BCUT2D eigenvalue weighted by molar-refractivity contribution is -0.208. The maximum atomic E-state index is 12.5. The van der Waals surface area contributed by atoms with Crippen molar-refractivity contribution >= 4 is 20.2 Å². The number of aliphatic hydroxyl groups is 1. The smallest absolute Gasteiger partial charge is 0.299 e. The molecule has 0 aliphatic heterocycles. The van der Waals surface area contributed by atoms with Crippen molar-refractivity contribution in [2.45, 2.75) is 48.4 Å². The van der Waals surface area contributed by atoms with E-state index in [0.717, 1.165) is 11.1 Å². The lowest BCUT2D eigenvalue weighted by atomic mass is 9.88. The van der Waals surface area contributed by atoms with Gasteiger partial charge in [-0.15, -0.1) is 0 Å². The molecule has 146 valence electrons. The summed E-state index contributed by atoms with van der Waals surface area (Å²) in [6, 6.07) is 11.9. The molecule has 0 unspecified atom stereocenters. The minimum absolute atomic E-state index is 0.120. The number of hydrogen-bond donors (Lipinski definition) is 1. The minimum atomic E-state index is -4.28. The number of rotatable bonds is 6. The van der Waals surface area contributed by atoms with E-state index in [1.807, 2.05) is 0 Å². The molecule has 0 saturated heterocycles.